The Morgan fingerprint density at radius 1 is 1.22 bits per heavy atom. The maximum absolute atomic E-state index is 5.96. The van der Waals surface area contributed by atoms with E-state index in [1.807, 2.05) is 40.0 Å². The van der Waals surface area contributed by atoms with Crippen LogP contribution in [-0.2, 0) is 6.42 Å². The summed E-state index contributed by atoms with van der Waals surface area (Å²) in [5.74, 6) is 0. The lowest BCUT2D eigenvalue weighted by molar-refractivity contribution is 0.749. The Balaban J connectivity index is 0.00000158. The van der Waals surface area contributed by atoms with Crippen molar-refractivity contribution in [1.29, 1.82) is 0 Å². The largest absolute Gasteiger partial charge is 0.361 e. The first-order chi connectivity index (χ1) is 13.1. The summed E-state index contributed by atoms with van der Waals surface area (Å²) in [4.78, 5) is 7.99. The minimum atomic E-state index is -0.0793. The van der Waals surface area contributed by atoms with Gasteiger partial charge in [0.2, 0.25) is 0 Å². The number of aryl methyl sites for hydroxylation is 2. The molecule has 0 saturated carbocycles. The zero-order valence-electron chi connectivity index (χ0n) is 18.0. The number of H-pyrrole nitrogens is 1. The van der Waals surface area contributed by atoms with Gasteiger partial charge in [-0.3, -0.25) is 4.99 Å². The van der Waals surface area contributed by atoms with Crippen LogP contribution in [0.1, 0.15) is 57.4 Å². The minimum Gasteiger partial charge on any atom is -0.361 e. The van der Waals surface area contributed by atoms with E-state index in [2.05, 4.69) is 49.1 Å². The van der Waals surface area contributed by atoms with Crippen LogP contribution in [0.25, 0.3) is 10.9 Å². The minimum absolute atomic E-state index is 0.0793. The molecule has 0 spiro atoms. The van der Waals surface area contributed by atoms with Crippen LogP contribution in [0.4, 0.5) is 0 Å². The van der Waals surface area contributed by atoms with E-state index in [-0.39, 0.29) is 6.04 Å². The summed E-state index contributed by atoms with van der Waals surface area (Å²) in [6.45, 7) is 20.3. The third-order valence-corrected chi connectivity index (χ3v) is 4.08. The zero-order valence-corrected chi connectivity index (χ0v) is 18.0. The maximum atomic E-state index is 5.96. The molecule has 1 atom stereocenters. The lowest BCUT2D eigenvalue weighted by Gasteiger charge is -2.10. The molecule has 148 valence electrons. The van der Waals surface area contributed by atoms with Crippen molar-refractivity contribution in [2.45, 2.75) is 54.0 Å². The molecule has 1 aromatic carbocycles. The highest BCUT2D eigenvalue weighted by atomic mass is 14.8. The number of hydrogen-bond donors (Lipinski definition) is 2. The first-order valence-electron chi connectivity index (χ1n) is 9.93. The first-order valence-corrected chi connectivity index (χ1v) is 9.93. The summed E-state index contributed by atoms with van der Waals surface area (Å²) in [6, 6.07) is 4.37. The van der Waals surface area contributed by atoms with Crippen LogP contribution in [0, 0.1) is 6.92 Å². The van der Waals surface area contributed by atoms with E-state index in [9.17, 15) is 0 Å². The Morgan fingerprint density at radius 2 is 1.89 bits per heavy atom. The Bertz CT molecular complexity index is 763. The van der Waals surface area contributed by atoms with E-state index >= 15 is 0 Å². The second kappa shape index (κ2) is 13.8. The van der Waals surface area contributed by atoms with Gasteiger partial charge in [0.05, 0.1) is 6.04 Å². The molecular weight excluding hydrogens is 330 g/mol. The standard InChI is InChI=1S/C20H25N3.2C2H6/c1-5-8-15(6-2)12-22-20(11-21)18-13-23-19-9-14(4)16(7-3)10-17(18)19;2*1-2/h5-6,8-10,12-13,20,23H,1-2,7,11,21H2,3-4H3;2*1-2H3/b15-8+,22-12?;;. The molecule has 1 heterocycles. The predicted octanol–water partition coefficient (Wildman–Crippen LogP) is 6.46. The number of nitrogens with one attached hydrogen (secondary N) is 1. The third-order valence-electron chi connectivity index (χ3n) is 4.08. The van der Waals surface area contributed by atoms with Gasteiger partial charge in [0.15, 0.2) is 0 Å². The van der Waals surface area contributed by atoms with Crippen LogP contribution in [0.3, 0.4) is 0 Å². The first kappa shape index (κ1) is 24.6. The summed E-state index contributed by atoms with van der Waals surface area (Å²) >= 11 is 0. The van der Waals surface area contributed by atoms with Gasteiger partial charge in [-0.25, -0.2) is 0 Å². The van der Waals surface area contributed by atoms with Gasteiger partial charge in [-0.1, -0.05) is 66.0 Å². The number of allylic oxidation sites excluding steroid dienone is 4. The van der Waals surface area contributed by atoms with Gasteiger partial charge in [0, 0.05) is 35.4 Å². The normalized spacial score (nSPS) is 12.0. The number of aliphatic imine (C=N–C) groups is 1. The summed E-state index contributed by atoms with van der Waals surface area (Å²) in [7, 11) is 0. The van der Waals surface area contributed by atoms with Crippen LogP contribution in [0.5, 0.6) is 0 Å². The molecule has 0 radical (unpaired) electrons. The lowest BCUT2D eigenvalue weighted by Crippen LogP contribution is -2.10. The number of aromatic amines is 1. The van der Waals surface area contributed by atoms with Gasteiger partial charge in [-0.15, -0.1) is 0 Å². The van der Waals surface area contributed by atoms with Gasteiger partial charge in [-0.2, -0.15) is 0 Å². The predicted molar refractivity (Wildman–Crippen MR) is 124 cm³/mol. The van der Waals surface area contributed by atoms with Crippen molar-refractivity contribution < 1.29 is 0 Å². The quantitative estimate of drug-likeness (QED) is 0.428. The van der Waals surface area contributed by atoms with Crippen molar-refractivity contribution in [2.75, 3.05) is 6.54 Å². The molecule has 1 unspecified atom stereocenters. The molecule has 0 amide bonds. The van der Waals surface area contributed by atoms with Crippen molar-refractivity contribution in [2.24, 2.45) is 10.7 Å². The molecule has 2 aromatic rings. The van der Waals surface area contributed by atoms with Gasteiger partial charge < -0.3 is 10.7 Å². The Labute approximate surface area is 165 Å². The molecule has 0 bridgehead atoms. The third kappa shape index (κ3) is 6.69. The number of rotatable bonds is 7. The molecule has 0 aliphatic heterocycles. The van der Waals surface area contributed by atoms with Crippen molar-refractivity contribution >= 4 is 17.1 Å². The van der Waals surface area contributed by atoms with Crippen molar-refractivity contribution in [1.82, 2.24) is 4.98 Å². The monoisotopic (exact) mass is 367 g/mol. The number of aromatic nitrogens is 1. The average molecular weight is 368 g/mol. The topological polar surface area (TPSA) is 54.2 Å². The number of nitrogens with zero attached hydrogens (tertiary/aromatic N) is 1. The van der Waals surface area contributed by atoms with Gasteiger partial charge in [0.25, 0.3) is 0 Å². The van der Waals surface area contributed by atoms with Crippen LogP contribution in [0.2, 0.25) is 0 Å². The van der Waals surface area contributed by atoms with Crippen LogP contribution >= 0.6 is 0 Å². The smallest absolute Gasteiger partial charge is 0.0891 e. The maximum Gasteiger partial charge on any atom is 0.0891 e. The number of hydrogen-bond acceptors (Lipinski definition) is 2. The van der Waals surface area contributed by atoms with Gasteiger partial charge in [0.1, 0.15) is 0 Å². The molecule has 27 heavy (non-hydrogen) atoms. The molecule has 1 aromatic heterocycles. The Morgan fingerprint density at radius 3 is 2.41 bits per heavy atom. The SMILES string of the molecule is C=C/C=C(\C=C)C=NC(CN)c1c[nH]c2cc(C)c(CC)cc12.CC.CC. The highest BCUT2D eigenvalue weighted by Gasteiger charge is 2.14. The molecule has 3 heteroatoms. The second-order valence-corrected chi connectivity index (χ2v) is 5.56. The van der Waals surface area contributed by atoms with Gasteiger partial charge >= 0.3 is 0 Å². The molecule has 0 fully saturated rings. The molecule has 2 rings (SSSR count). The fraction of sp³-hybridized carbons (Fsp3) is 0.375. The molecule has 0 saturated heterocycles. The van der Waals surface area contributed by atoms with Crippen LogP contribution in [0.15, 0.2) is 60.3 Å². The van der Waals surface area contributed by atoms with E-state index in [1.165, 1.54) is 16.5 Å². The number of nitrogens with two attached hydrogens (primary N) is 1. The van der Waals surface area contributed by atoms with Crippen molar-refractivity contribution in [3.63, 3.8) is 0 Å². The van der Waals surface area contributed by atoms with Crippen molar-refractivity contribution in [3.8, 4) is 0 Å². The molecule has 3 nitrogen and oxygen atoms in total. The fourth-order valence-electron chi connectivity index (χ4n) is 2.74. The summed E-state index contributed by atoms with van der Waals surface area (Å²) in [5.41, 5.74) is 11.8. The van der Waals surface area contributed by atoms with Crippen molar-refractivity contribution in [3.05, 3.63) is 72.0 Å². The summed E-state index contributed by atoms with van der Waals surface area (Å²) < 4.78 is 0. The average Bonchev–Trinajstić information content (AvgIpc) is 3.12. The molecule has 0 aliphatic rings. The highest BCUT2D eigenvalue weighted by molar-refractivity contribution is 5.86. The van der Waals surface area contributed by atoms with Crippen LogP contribution < -0.4 is 5.73 Å². The second-order valence-electron chi connectivity index (χ2n) is 5.56. The fourth-order valence-corrected chi connectivity index (χ4v) is 2.74. The van der Waals surface area contributed by atoms with Gasteiger partial charge in [-0.05, 0) is 42.2 Å². The lowest BCUT2D eigenvalue weighted by atomic mass is 9.99. The van der Waals surface area contributed by atoms with Crippen LogP contribution in [-0.4, -0.2) is 17.7 Å². The molecule has 0 aliphatic carbocycles. The van der Waals surface area contributed by atoms with E-state index < -0.39 is 0 Å². The van der Waals surface area contributed by atoms with E-state index in [4.69, 9.17) is 5.73 Å². The van der Waals surface area contributed by atoms with E-state index in [1.54, 1.807) is 18.4 Å². The van der Waals surface area contributed by atoms with E-state index in [0.717, 1.165) is 23.1 Å². The number of benzene rings is 1. The Hall–Kier alpha value is -2.39. The zero-order chi connectivity index (χ0) is 20.8. The Kier molecular flexibility index (Phi) is 12.5. The van der Waals surface area contributed by atoms with E-state index in [0.29, 0.717) is 6.54 Å². The number of fused-ring (bicyclic) bond motifs is 1. The highest BCUT2D eigenvalue weighted by Crippen LogP contribution is 2.28. The summed E-state index contributed by atoms with van der Waals surface area (Å²) in [6.07, 6.45) is 10.2. The summed E-state index contributed by atoms with van der Waals surface area (Å²) in [5, 5.41) is 1.20. The molecule has 3 N–H and O–H groups in total. The molecular formula is C24H37N3.